The van der Waals surface area contributed by atoms with Crippen molar-refractivity contribution in [2.75, 3.05) is 13.7 Å². The minimum atomic E-state index is 0.396. The highest BCUT2D eigenvalue weighted by atomic mass is 32.1. The third-order valence-corrected chi connectivity index (χ3v) is 4.53. The van der Waals surface area contributed by atoms with Crippen molar-refractivity contribution in [2.45, 2.75) is 19.4 Å². The SMILES string of the molecule is CCNC(Cc1cccs1)c1cc(OC)cs1. The standard InChI is InChI=1S/C13H17NOS2/c1-3-14-12(8-11-5-4-6-16-11)13-7-10(15-2)9-17-13/h4-7,9,12,14H,3,8H2,1-2H3. The monoisotopic (exact) mass is 267 g/mol. The Morgan fingerprint density at radius 3 is 2.88 bits per heavy atom. The van der Waals surface area contributed by atoms with Gasteiger partial charge in [-0.15, -0.1) is 22.7 Å². The first-order valence-electron chi connectivity index (χ1n) is 5.71. The number of nitrogens with one attached hydrogen (secondary N) is 1. The van der Waals surface area contributed by atoms with Gasteiger partial charge in [-0.25, -0.2) is 0 Å². The molecule has 0 fully saturated rings. The second kappa shape index (κ2) is 6.19. The maximum atomic E-state index is 5.24. The smallest absolute Gasteiger partial charge is 0.129 e. The predicted molar refractivity (Wildman–Crippen MR) is 75.3 cm³/mol. The van der Waals surface area contributed by atoms with E-state index in [0.29, 0.717) is 6.04 Å². The van der Waals surface area contributed by atoms with Crippen LogP contribution in [0.25, 0.3) is 0 Å². The summed E-state index contributed by atoms with van der Waals surface area (Å²) in [5, 5.41) is 7.73. The topological polar surface area (TPSA) is 21.3 Å². The van der Waals surface area contributed by atoms with Crippen LogP contribution in [-0.2, 0) is 6.42 Å². The van der Waals surface area contributed by atoms with Crippen molar-refractivity contribution in [3.05, 3.63) is 38.7 Å². The van der Waals surface area contributed by atoms with Crippen LogP contribution < -0.4 is 10.1 Å². The molecule has 0 aromatic carbocycles. The van der Waals surface area contributed by atoms with Crippen LogP contribution in [-0.4, -0.2) is 13.7 Å². The summed E-state index contributed by atoms with van der Waals surface area (Å²) in [6.07, 6.45) is 1.05. The summed E-state index contributed by atoms with van der Waals surface area (Å²) < 4.78 is 5.24. The normalized spacial score (nSPS) is 12.6. The van der Waals surface area contributed by atoms with E-state index in [-0.39, 0.29) is 0 Å². The van der Waals surface area contributed by atoms with Gasteiger partial charge in [0.2, 0.25) is 0 Å². The van der Waals surface area contributed by atoms with Gasteiger partial charge in [0.05, 0.1) is 7.11 Å². The molecule has 1 unspecified atom stereocenters. The van der Waals surface area contributed by atoms with E-state index in [1.54, 1.807) is 18.4 Å². The van der Waals surface area contributed by atoms with Crippen LogP contribution in [0.5, 0.6) is 5.75 Å². The summed E-state index contributed by atoms with van der Waals surface area (Å²) >= 11 is 3.58. The van der Waals surface area contributed by atoms with Gasteiger partial charge in [0.1, 0.15) is 5.75 Å². The zero-order valence-corrected chi connectivity index (χ0v) is 11.7. The van der Waals surface area contributed by atoms with E-state index in [9.17, 15) is 0 Å². The van der Waals surface area contributed by atoms with E-state index >= 15 is 0 Å². The molecule has 1 N–H and O–H groups in total. The molecule has 2 nitrogen and oxygen atoms in total. The lowest BCUT2D eigenvalue weighted by atomic mass is 10.1. The van der Waals surface area contributed by atoms with E-state index in [0.717, 1.165) is 18.7 Å². The quantitative estimate of drug-likeness (QED) is 0.861. The first-order chi connectivity index (χ1) is 8.33. The molecule has 2 aromatic rings. The molecule has 17 heavy (non-hydrogen) atoms. The lowest BCUT2D eigenvalue weighted by Crippen LogP contribution is -2.21. The predicted octanol–water partition coefficient (Wildman–Crippen LogP) is 3.71. The zero-order valence-electron chi connectivity index (χ0n) is 10.1. The van der Waals surface area contributed by atoms with Gasteiger partial charge in [-0.3, -0.25) is 0 Å². The Bertz CT molecular complexity index is 436. The molecule has 2 rings (SSSR count). The fourth-order valence-electron chi connectivity index (χ4n) is 1.77. The highest BCUT2D eigenvalue weighted by Gasteiger charge is 2.14. The lowest BCUT2D eigenvalue weighted by Gasteiger charge is -2.15. The Kier molecular flexibility index (Phi) is 4.59. The van der Waals surface area contributed by atoms with Crippen LogP contribution in [0.4, 0.5) is 0 Å². The molecule has 0 amide bonds. The lowest BCUT2D eigenvalue weighted by molar-refractivity contribution is 0.415. The van der Waals surface area contributed by atoms with Gasteiger partial charge in [-0.2, -0.15) is 0 Å². The van der Waals surface area contributed by atoms with Crippen molar-refractivity contribution in [3.63, 3.8) is 0 Å². The van der Waals surface area contributed by atoms with Crippen molar-refractivity contribution < 1.29 is 4.74 Å². The molecule has 0 radical (unpaired) electrons. The van der Waals surface area contributed by atoms with Crippen LogP contribution in [0, 0.1) is 0 Å². The second-order valence-electron chi connectivity index (χ2n) is 3.78. The number of methoxy groups -OCH3 is 1. The Morgan fingerprint density at radius 1 is 1.41 bits per heavy atom. The number of rotatable bonds is 6. The van der Waals surface area contributed by atoms with E-state index in [2.05, 4.69) is 41.2 Å². The molecule has 2 heterocycles. The second-order valence-corrected chi connectivity index (χ2v) is 5.76. The molecular formula is C13H17NOS2. The van der Waals surface area contributed by atoms with E-state index in [1.807, 2.05) is 11.3 Å². The summed E-state index contributed by atoms with van der Waals surface area (Å²) in [4.78, 5) is 2.76. The fraction of sp³-hybridized carbons (Fsp3) is 0.385. The number of thiophene rings is 2. The number of hydrogen-bond donors (Lipinski definition) is 1. The average Bonchev–Trinajstić information content (AvgIpc) is 2.99. The number of hydrogen-bond acceptors (Lipinski definition) is 4. The fourth-order valence-corrected chi connectivity index (χ4v) is 3.46. The first-order valence-corrected chi connectivity index (χ1v) is 7.47. The molecule has 0 saturated carbocycles. The molecule has 92 valence electrons. The highest BCUT2D eigenvalue weighted by Crippen LogP contribution is 2.29. The highest BCUT2D eigenvalue weighted by molar-refractivity contribution is 7.10. The Hall–Kier alpha value is -0.840. The molecule has 0 spiro atoms. The van der Waals surface area contributed by atoms with Crippen LogP contribution in [0.3, 0.4) is 0 Å². The van der Waals surface area contributed by atoms with Crippen LogP contribution in [0.2, 0.25) is 0 Å². The van der Waals surface area contributed by atoms with Gasteiger partial charge in [0, 0.05) is 27.6 Å². The molecule has 0 aliphatic carbocycles. The van der Waals surface area contributed by atoms with Crippen LogP contribution >= 0.6 is 22.7 Å². The summed E-state index contributed by atoms with van der Waals surface area (Å²) in [7, 11) is 1.72. The molecule has 0 aliphatic heterocycles. The largest absolute Gasteiger partial charge is 0.496 e. The maximum Gasteiger partial charge on any atom is 0.129 e. The Morgan fingerprint density at radius 2 is 2.29 bits per heavy atom. The van der Waals surface area contributed by atoms with Crippen molar-refractivity contribution in [1.82, 2.24) is 5.32 Å². The van der Waals surface area contributed by atoms with Crippen molar-refractivity contribution in [1.29, 1.82) is 0 Å². The van der Waals surface area contributed by atoms with E-state index < -0.39 is 0 Å². The van der Waals surface area contributed by atoms with Gasteiger partial charge >= 0.3 is 0 Å². The molecule has 4 heteroatoms. The molecule has 1 atom stereocenters. The number of ether oxygens (including phenoxy) is 1. The summed E-state index contributed by atoms with van der Waals surface area (Å²) in [6.45, 7) is 3.13. The third-order valence-electron chi connectivity index (χ3n) is 2.61. The van der Waals surface area contributed by atoms with Gasteiger partial charge in [-0.05, 0) is 24.1 Å². The minimum absolute atomic E-state index is 0.396. The van der Waals surface area contributed by atoms with Crippen molar-refractivity contribution in [3.8, 4) is 5.75 Å². The van der Waals surface area contributed by atoms with Gasteiger partial charge in [0.25, 0.3) is 0 Å². The minimum Gasteiger partial charge on any atom is -0.496 e. The molecule has 2 aromatic heterocycles. The third kappa shape index (κ3) is 3.31. The van der Waals surface area contributed by atoms with E-state index in [4.69, 9.17) is 4.74 Å². The number of likely N-dealkylation sites (N-methyl/N-ethyl adjacent to an activating group) is 1. The molecule has 0 saturated heterocycles. The zero-order chi connectivity index (χ0) is 12.1. The summed E-state index contributed by atoms with van der Waals surface area (Å²) in [5.74, 6) is 0.957. The maximum absolute atomic E-state index is 5.24. The molecule has 0 aliphatic rings. The summed E-state index contributed by atoms with van der Waals surface area (Å²) in [5.41, 5.74) is 0. The Labute approximate surface area is 110 Å². The van der Waals surface area contributed by atoms with Gasteiger partial charge in [0.15, 0.2) is 0 Å². The summed E-state index contributed by atoms with van der Waals surface area (Å²) in [6, 6.07) is 6.83. The van der Waals surface area contributed by atoms with Crippen LogP contribution in [0.15, 0.2) is 29.0 Å². The Balaban J connectivity index is 2.10. The van der Waals surface area contributed by atoms with Gasteiger partial charge in [-0.1, -0.05) is 13.0 Å². The molecular weight excluding hydrogens is 250 g/mol. The van der Waals surface area contributed by atoms with Gasteiger partial charge < -0.3 is 10.1 Å². The average molecular weight is 267 g/mol. The molecule has 0 bridgehead atoms. The van der Waals surface area contributed by atoms with Crippen molar-refractivity contribution in [2.24, 2.45) is 0 Å². The van der Waals surface area contributed by atoms with E-state index in [1.165, 1.54) is 9.75 Å². The van der Waals surface area contributed by atoms with Crippen LogP contribution in [0.1, 0.15) is 22.7 Å². The van der Waals surface area contributed by atoms with Crippen molar-refractivity contribution >= 4 is 22.7 Å². The first kappa shape index (κ1) is 12.6.